The van der Waals surface area contributed by atoms with Crippen LogP contribution in [0.2, 0.25) is 5.02 Å². The van der Waals surface area contributed by atoms with Gasteiger partial charge in [0.2, 0.25) is 0 Å². The fraction of sp³-hybridized carbons (Fsp3) is 0.333. The highest BCUT2D eigenvalue weighted by molar-refractivity contribution is 6.30. The van der Waals surface area contributed by atoms with Crippen molar-refractivity contribution in [1.82, 2.24) is 5.32 Å². The maximum atomic E-state index is 9.70. The molecule has 0 saturated carbocycles. The van der Waals surface area contributed by atoms with Gasteiger partial charge in [-0.2, -0.15) is 0 Å². The van der Waals surface area contributed by atoms with Gasteiger partial charge in [-0.15, -0.1) is 0 Å². The van der Waals surface area contributed by atoms with Gasteiger partial charge < -0.3 is 10.4 Å². The number of hydrogen-bond donors (Lipinski definition) is 2. The largest absolute Gasteiger partial charge is 0.506 e. The average Bonchev–Trinajstić information content (AvgIpc) is 2.19. The molecule has 2 N–H and O–H groups in total. The van der Waals surface area contributed by atoms with Crippen LogP contribution in [-0.4, -0.2) is 18.7 Å². The molecule has 1 aromatic rings. The number of phenolic OH excluding ortho intramolecular Hbond substituents is 1. The van der Waals surface area contributed by atoms with Gasteiger partial charge in [-0.25, -0.2) is 0 Å². The summed E-state index contributed by atoms with van der Waals surface area (Å²) < 4.78 is 0. The third kappa shape index (κ3) is 3.47. The second kappa shape index (κ2) is 5.65. The zero-order valence-electron chi connectivity index (χ0n) is 8.89. The Morgan fingerprint density at radius 1 is 1.47 bits per heavy atom. The van der Waals surface area contributed by atoms with Crippen LogP contribution in [0.25, 0.3) is 0 Å². The van der Waals surface area contributed by atoms with Crippen LogP contribution < -0.4 is 5.32 Å². The molecule has 0 aliphatic heterocycles. The highest BCUT2D eigenvalue weighted by Crippen LogP contribution is 2.25. The second-order valence-electron chi connectivity index (χ2n) is 3.27. The van der Waals surface area contributed by atoms with Crippen LogP contribution in [0, 0.1) is 18.8 Å². The van der Waals surface area contributed by atoms with Crippen molar-refractivity contribution in [3.8, 4) is 17.6 Å². The topological polar surface area (TPSA) is 32.3 Å². The van der Waals surface area contributed by atoms with Gasteiger partial charge in [0.15, 0.2) is 0 Å². The normalized spacial score (nSPS) is 9.53. The highest BCUT2D eigenvalue weighted by Gasteiger charge is 2.03. The molecule has 0 heterocycles. The standard InChI is InChI=1S/C12H14ClNO/c1-9-7-11(13)8-10(12(9)15)5-3-4-6-14-2/h7-8,14-15H,4,6H2,1-2H3. The molecule has 0 bridgehead atoms. The smallest absolute Gasteiger partial charge is 0.134 e. The van der Waals surface area contributed by atoms with Gasteiger partial charge in [-0.1, -0.05) is 23.4 Å². The molecular weight excluding hydrogens is 210 g/mol. The van der Waals surface area contributed by atoms with Crippen LogP contribution in [0.1, 0.15) is 17.5 Å². The van der Waals surface area contributed by atoms with E-state index in [-0.39, 0.29) is 5.75 Å². The summed E-state index contributed by atoms with van der Waals surface area (Å²) in [5.41, 5.74) is 1.34. The molecule has 0 atom stereocenters. The first kappa shape index (κ1) is 11.9. The van der Waals surface area contributed by atoms with Crippen LogP contribution in [0.15, 0.2) is 12.1 Å². The van der Waals surface area contributed by atoms with Crippen LogP contribution in [0.4, 0.5) is 0 Å². The minimum absolute atomic E-state index is 0.219. The predicted octanol–water partition coefficient (Wildman–Crippen LogP) is 2.32. The molecule has 0 radical (unpaired) electrons. The highest BCUT2D eigenvalue weighted by atomic mass is 35.5. The number of nitrogens with one attached hydrogen (secondary N) is 1. The first-order chi connectivity index (χ1) is 7.15. The van der Waals surface area contributed by atoms with Crippen molar-refractivity contribution in [2.75, 3.05) is 13.6 Å². The number of phenols is 1. The number of aryl methyl sites for hydroxylation is 1. The molecule has 80 valence electrons. The van der Waals surface area contributed by atoms with Crippen molar-refractivity contribution in [2.45, 2.75) is 13.3 Å². The average molecular weight is 224 g/mol. The van der Waals surface area contributed by atoms with Gasteiger partial charge in [-0.3, -0.25) is 0 Å². The molecule has 1 aromatic carbocycles. The number of aromatic hydroxyl groups is 1. The molecular formula is C12H14ClNO. The van der Waals surface area contributed by atoms with E-state index in [2.05, 4.69) is 17.2 Å². The molecule has 0 fully saturated rings. The van der Waals surface area contributed by atoms with Crippen molar-refractivity contribution in [3.63, 3.8) is 0 Å². The van der Waals surface area contributed by atoms with E-state index in [1.54, 1.807) is 19.1 Å². The van der Waals surface area contributed by atoms with Crippen LogP contribution in [-0.2, 0) is 0 Å². The first-order valence-corrected chi connectivity index (χ1v) is 5.15. The summed E-state index contributed by atoms with van der Waals surface area (Å²) in [6, 6.07) is 3.39. The molecule has 0 aliphatic carbocycles. The van der Waals surface area contributed by atoms with E-state index in [0.29, 0.717) is 10.6 Å². The van der Waals surface area contributed by atoms with Crippen molar-refractivity contribution >= 4 is 11.6 Å². The lowest BCUT2D eigenvalue weighted by atomic mass is 10.1. The minimum Gasteiger partial charge on any atom is -0.506 e. The fourth-order valence-corrected chi connectivity index (χ4v) is 1.45. The lowest BCUT2D eigenvalue weighted by Crippen LogP contribution is -2.05. The second-order valence-corrected chi connectivity index (χ2v) is 3.71. The van der Waals surface area contributed by atoms with E-state index in [1.165, 1.54) is 0 Å². The lowest BCUT2D eigenvalue weighted by Gasteiger charge is -2.02. The summed E-state index contributed by atoms with van der Waals surface area (Å²) in [5.74, 6) is 6.09. The SMILES string of the molecule is CNCCC#Cc1cc(Cl)cc(C)c1O. The monoisotopic (exact) mass is 223 g/mol. The van der Waals surface area contributed by atoms with Crippen LogP contribution in [0.3, 0.4) is 0 Å². The summed E-state index contributed by atoms with van der Waals surface area (Å²) >= 11 is 5.87. The van der Waals surface area contributed by atoms with Gasteiger partial charge >= 0.3 is 0 Å². The molecule has 0 aliphatic rings. The van der Waals surface area contributed by atoms with E-state index >= 15 is 0 Å². The number of benzene rings is 1. The Bertz CT molecular complexity index is 404. The lowest BCUT2D eigenvalue weighted by molar-refractivity contribution is 0.469. The molecule has 0 amide bonds. The van der Waals surface area contributed by atoms with Crippen LogP contribution in [0.5, 0.6) is 5.75 Å². The minimum atomic E-state index is 0.219. The number of rotatable bonds is 2. The molecule has 0 unspecified atom stereocenters. The number of halogens is 1. The van der Waals surface area contributed by atoms with E-state index in [1.807, 2.05) is 7.05 Å². The fourth-order valence-electron chi connectivity index (χ4n) is 1.18. The molecule has 0 saturated heterocycles. The van der Waals surface area contributed by atoms with E-state index < -0.39 is 0 Å². The van der Waals surface area contributed by atoms with Gasteiger partial charge in [0.1, 0.15) is 5.75 Å². The zero-order valence-corrected chi connectivity index (χ0v) is 9.65. The molecule has 15 heavy (non-hydrogen) atoms. The summed E-state index contributed by atoms with van der Waals surface area (Å²) in [5, 5.41) is 13.3. The van der Waals surface area contributed by atoms with Crippen molar-refractivity contribution in [1.29, 1.82) is 0 Å². The third-order valence-electron chi connectivity index (χ3n) is 1.99. The summed E-state index contributed by atoms with van der Waals surface area (Å²) in [7, 11) is 1.88. The Hall–Kier alpha value is -1.17. The van der Waals surface area contributed by atoms with E-state index in [0.717, 1.165) is 18.5 Å². The number of hydrogen-bond acceptors (Lipinski definition) is 2. The van der Waals surface area contributed by atoms with Crippen molar-refractivity contribution < 1.29 is 5.11 Å². The molecule has 3 heteroatoms. The summed E-state index contributed by atoms with van der Waals surface area (Å²) in [4.78, 5) is 0. The predicted molar refractivity (Wildman–Crippen MR) is 63.3 cm³/mol. The Morgan fingerprint density at radius 2 is 2.20 bits per heavy atom. The third-order valence-corrected chi connectivity index (χ3v) is 2.21. The maximum Gasteiger partial charge on any atom is 0.134 e. The van der Waals surface area contributed by atoms with Gasteiger partial charge in [0, 0.05) is 18.0 Å². The van der Waals surface area contributed by atoms with Crippen LogP contribution >= 0.6 is 11.6 Å². The van der Waals surface area contributed by atoms with Gasteiger partial charge in [0.05, 0.1) is 5.56 Å². The summed E-state index contributed by atoms with van der Waals surface area (Å²) in [6.45, 7) is 2.65. The van der Waals surface area contributed by atoms with E-state index in [9.17, 15) is 5.11 Å². The van der Waals surface area contributed by atoms with Gasteiger partial charge in [-0.05, 0) is 31.7 Å². The molecule has 1 rings (SSSR count). The Labute approximate surface area is 95.3 Å². The maximum absolute atomic E-state index is 9.70. The van der Waals surface area contributed by atoms with Crippen molar-refractivity contribution in [3.05, 3.63) is 28.3 Å². The quantitative estimate of drug-likeness (QED) is 0.596. The first-order valence-electron chi connectivity index (χ1n) is 4.77. The van der Waals surface area contributed by atoms with E-state index in [4.69, 9.17) is 11.6 Å². The molecule has 0 aromatic heterocycles. The zero-order chi connectivity index (χ0) is 11.3. The molecule has 0 spiro atoms. The Morgan fingerprint density at radius 3 is 2.87 bits per heavy atom. The summed E-state index contributed by atoms with van der Waals surface area (Å²) in [6.07, 6.45) is 0.751. The Kier molecular flexibility index (Phi) is 4.48. The Balaban J connectivity index is 2.88. The van der Waals surface area contributed by atoms with Crippen molar-refractivity contribution in [2.24, 2.45) is 0 Å². The molecule has 2 nitrogen and oxygen atoms in total. The van der Waals surface area contributed by atoms with Gasteiger partial charge in [0.25, 0.3) is 0 Å².